The Bertz CT molecular complexity index is 545. The van der Waals surface area contributed by atoms with Crippen LogP contribution in [-0.2, 0) is 16.1 Å². The molecule has 2 saturated heterocycles. The van der Waals surface area contributed by atoms with E-state index in [1.165, 1.54) is 0 Å². The lowest BCUT2D eigenvalue weighted by Gasteiger charge is -2.48. The molecular formula is C16H25N3O3. The van der Waals surface area contributed by atoms with Gasteiger partial charge in [-0.05, 0) is 33.1 Å². The fourth-order valence-electron chi connectivity index (χ4n) is 3.62. The van der Waals surface area contributed by atoms with Gasteiger partial charge in [0.25, 0.3) is 0 Å². The molecule has 0 bridgehead atoms. The van der Waals surface area contributed by atoms with Gasteiger partial charge < -0.3 is 19.3 Å². The van der Waals surface area contributed by atoms with Gasteiger partial charge in [-0.15, -0.1) is 0 Å². The molecule has 1 spiro atoms. The van der Waals surface area contributed by atoms with Crippen molar-refractivity contribution in [2.75, 3.05) is 19.7 Å². The Hall–Kier alpha value is -1.40. The van der Waals surface area contributed by atoms with E-state index in [1.54, 1.807) is 6.20 Å². The molecule has 2 aliphatic heterocycles. The van der Waals surface area contributed by atoms with Crippen molar-refractivity contribution in [1.29, 1.82) is 0 Å². The molecule has 0 saturated carbocycles. The molecule has 3 rings (SSSR count). The Labute approximate surface area is 131 Å². The van der Waals surface area contributed by atoms with E-state index in [0.29, 0.717) is 39.1 Å². The Morgan fingerprint density at radius 2 is 2.14 bits per heavy atom. The maximum Gasteiger partial charge on any atom is 0.242 e. The van der Waals surface area contributed by atoms with Gasteiger partial charge in [-0.2, -0.15) is 0 Å². The minimum absolute atomic E-state index is 0.124. The molecule has 1 atom stereocenters. The molecule has 2 aliphatic rings. The highest BCUT2D eigenvalue weighted by Gasteiger charge is 2.44. The van der Waals surface area contributed by atoms with Crippen molar-refractivity contribution < 1.29 is 14.6 Å². The molecule has 6 nitrogen and oxygen atoms in total. The van der Waals surface area contributed by atoms with Crippen LogP contribution in [0.25, 0.3) is 0 Å². The standard InChI is InChI=1S/C16H25N3O3/c1-13-17-6-9-19(13)11-14(20)18-7-3-16(4-8-18)12-15(2,21)5-10-22-16/h6,9,21H,3-5,7-8,10-12H2,1-2H3. The molecular weight excluding hydrogens is 282 g/mol. The zero-order chi connectivity index (χ0) is 15.8. The number of likely N-dealkylation sites (tertiary alicyclic amines) is 1. The zero-order valence-corrected chi connectivity index (χ0v) is 13.4. The molecule has 0 aliphatic carbocycles. The lowest BCUT2D eigenvalue weighted by molar-refractivity contribution is -0.175. The number of aryl methyl sites for hydroxylation is 1. The number of piperidine rings is 1. The topological polar surface area (TPSA) is 67.6 Å². The number of rotatable bonds is 2. The second kappa shape index (κ2) is 5.66. The van der Waals surface area contributed by atoms with E-state index in [4.69, 9.17) is 4.74 Å². The van der Waals surface area contributed by atoms with Crippen molar-refractivity contribution in [3.05, 3.63) is 18.2 Å². The molecule has 122 valence electrons. The number of aromatic nitrogens is 2. The summed E-state index contributed by atoms with van der Waals surface area (Å²) in [5.74, 6) is 0.979. The van der Waals surface area contributed by atoms with Crippen LogP contribution in [0.4, 0.5) is 0 Å². The van der Waals surface area contributed by atoms with Crippen molar-refractivity contribution in [1.82, 2.24) is 14.5 Å². The van der Waals surface area contributed by atoms with Gasteiger partial charge in [0.1, 0.15) is 12.4 Å². The van der Waals surface area contributed by atoms with Crippen LogP contribution in [0.3, 0.4) is 0 Å². The van der Waals surface area contributed by atoms with Crippen LogP contribution in [0.15, 0.2) is 12.4 Å². The van der Waals surface area contributed by atoms with E-state index < -0.39 is 5.60 Å². The van der Waals surface area contributed by atoms with Crippen LogP contribution in [0.5, 0.6) is 0 Å². The maximum absolute atomic E-state index is 12.4. The summed E-state index contributed by atoms with van der Waals surface area (Å²) in [5, 5.41) is 10.3. The number of carbonyl (C=O) groups excluding carboxylic acids is 1. The normalized spacial score (nSPS) is 28.0. The van der Waals surface area contributed by atoms with Crippen molar-refractivity contribution in [2.45, 2.75) is 57.3 Å². The zero-order valence-electron chi connectivity index (χ0n) is 13.4. The van der Waals surface area contributed by atoms with Crippen LogP contribution in [0.1, 0.15) is 38.4 Å². The van der Waals surface area contributed by atoms with E-state index >= 15 is 0 Å². The highest BCUT2D eigenvalue weighted by Crippen LogP contribution is 2.39. The summed E-state index contributed by atoms with van der Waals surface area (Å²) >= 11 is 0. The third kappa shape index (κ3) is 3.17. The molecule has 1 unspecified atom stereocenters. The second-order valence-electron chi connectivity index (χ2n) is 6.94. The highest BCUT2D eigenvalue weighted by molar-refractivity contribution is 5.76. The number of hydrogen-bond donors (Lipinski definition) is 1. The monoisotopic (exact) mass is 307 g/mol. The van der Waals surface area contributed by atoms with E-state index in [-0.39, 0.29) is 11.5 Å². The predicted molar refractivity (Wildman–Crippen MR) is 81.3 cm³/mol. The van der Waals surface area contributed by atoms with Gasteiger partial charge in [-0.1, -0.05) is 0 Å². The number of hydrogen-bond acceptors (Lipinski definition) is 4. The van der Waals surface area contributed by atoms with Gasteiger partial charge in [0.15, 0.2) is 0 Å². The quantitative estimate of drug-likeness (QED) is 0.889. The number of amides is 1. The predicted octanol–water partition coefficient (Wildman–Crippen LogP) is 1.11. The first-order valence-electron chi connectivity index (χ1n) is 8.01. The lowest BCUT2D eigenvalue weighted by Crippen LogP contribution is -2.54. The van der Waals surface area contributed by atoms with E-state index in [2.05, 4.69) is 4.98 Å². The first-order valence-corrected chi connectivity index (χ1v) is 8.01. The summed E-state index contributed by atoms with van der Waals surface area (Å²) in [6.07, 6.45) is 6.52. The highest BCUT2D eigenvalue weighted by atomic mass is 16.5. The molecule has 6 heteroatoms. The summed E-state index contributed by atoms with van der Waals surface area (Å²) < 4.78 is 7.85. The summed E-state index contributed by atoms with van der Waals surface area (Å²) in [5.41, 5.74) is -0.887. The van der Waals surface area contributed by atoms with Crippen molar-refractivity contribution >= 4 is 5.91 Å². The van der Waals surface area contributed by atoms with Crippen molar-refractivity contribution in [3.8, 4) is 0 Å². The van der Waals surface area contributed by atoms with Gasteiger partial charge in [0.05, 0.1) is 17.8 Å². The Kier molecular flexibility index (Phi) is 3.99. The largest absolute Gasteiger partial charge is 0.390 e. The summed E-state index contributed by atoms with van der Waals surface area (Å²) in [6, 6.07) is 0. The number of imidazole rings is 1. The smallest absolute Gasteiger partial charge is 0.242 e. The Balaban J connectivity index is 1.57. The molecule has 3 heterocycles. The molecule has 1 aromatic heterocycles. The molecule has 1 amide bonds. The van der Waals surface area contributed by atoms with Gasteiger partial charge in [0, 0.05) is 31.9 Å². The number of ether oxygens (including phenoxy) is 1. The summed E-state index contributed by atoms with van der Waals surface area (Å²) in [7, 11) is 0. The van der Waals surface area contributed by atoms with Gasteiger partial charge in [0.2, 0.25) is 5.91 Å². The van der Waals surface area contributed by atoms with Gasteiger partial charge in [-0.3, -0.25) is 4.79 Å². The van der Waals surface area contributed by atoms with Gasteiger partial charge in [-0.25, -0.2) is 4.98 Å². The average molecular weight is 307 g/mol. The first-order chi connectivity index (χ1) is 10.4. The van der Waals surface area contributed by atoms with Crippen LogP contribution in [-0.4, -0.2) is 56.4 Å². The number of nitrogens with zero attached hydrogens (tertiary/aromatic N) is 3. The third-order valence-corrected chi connectivity index (χ3v) is 5.01. The summed E-state index contributed by atoms with van der Waals surface area (Å²) in [6.45, 7) is 6.13. The Morgan fingerprint density at radius 1 is 1.41 bits per heavy atom. The first kappa shape index (κ1) is 15.5. The van der Waals surface area contributed by atoms with Crippen LogP contribution >= 0.6 is 0 Å². The fourth-order valence-corrected chi connectivity index (χ4v) is 3.62. The number of aliphatic hydroxyl groups is 1. The minimum atomic E-state index is -0.641. The molecule has 0 aromatic carbocycles. The SMILES string of the molecule is Cc1nccn1CC(=O)N1CCC2(CC1)CC(C)(O)CCO2. The van der Waals surface area contributed by atoms with E-state index in [9.17, 15) is 9.90 Å². The van der Waals surface area contributed by atoms with Gasteiger partial charge >= 0.3 is 0 Å². The van der Waals surface area contributed by atoms with Crippen LogP contribution < -0.4 is 0 Å². The molecule has 0 radical (unpaired) electrons. The van der Waals surface area contributed by atoms with Crippen LogP contribution in [0.2, 0.25) is 0 Å². The maximum atomic E-state index is 12.4. The average Bonchev–Trinajstić information content (AvgIpc) is 2.83. The van der Waals surface area contributed by atoms with E-state index in [0.717, 1.165) is 18.7 Å². The van der Waals surface area contributed by atoms with Crippen molar-refractivity contribution in [3.63, 3.8) is 0 Å². The number of carbonyl (C=O) groups is 1. The summed E-state index contributed by atoms with van der Waals surface area (Å²) in [4.78, 5) is 18.4. The molecule has 1 N–H and O–H groups in total. The molecule has 1 aromatic rings. The molecule has 22 heavy (non-hydrogen) atoms. The second-order valence-corrected chi connectivity index (χ2v) is 6.94. The fraction of sp³-hybridized carbons (Fsp3) is 0.750. The van der Waals surface area contributed by atoms with Crippen molar-refractivity contribution in [2.24, 2.45) is 0 Å². The molecule has 2 fully saturated rings. The third-order valence-electron chi connectivity index (χ3n) is 5.01. The van der Waals surface area contributed by atoms with Crippen LogP contribution in [0, 0.1) is 6.92 Å². The lowest BCUT2D eigenvalue weighted by atomic mass is 9.78. The van der Waals surface area contributed by atoms with E-state index in [1.807, 2.05) is 29.5 Å². The minimum Gasteiger partial charge on any atom is -0.390 e. The Morgan fingerprint density at radius 3 is 2.73 bits per heavy atom.